The average molecular weight is 225 g/mol. The molecule has 0 N–H and O–H groups in total. The van der Waals surface area contributed by atoms with Crippen LogP contribution in [-0.2, 0) is 11.8 Å². The summed E-state index contributed by atoms with van der Waals surface area (Å²) in [7, 11) is 0. The second-order valence-corrected chi connectivity index (χ2v) is 5.40. The predicted molar refractivity (Wildman–Crippen MR) is 72.2 cm³/mol. The normalized spacial score (nSPS) is 11.5. The molecule has 0 bridgehead atoms. The minimum absolute atomic E-state index is 0.186. The highest BCUT2D eigenvalue weighted by Crippen LogP contribution is 2.26. The lowest BCUT2D eigenvalue weighted by Crippen LogP contribution is -2.14. The van der Waals surface area contributed by atoms with Gasteiger partial charge in [-0.05, 0) is 28.7 Å². The average Bonchev–Trinajstić information content (AvgIpc) is 2.30. The summed E-state index contributed by atoms with van der Waals surface area (Å²) in [5.41, 5.74) is 4.10. The fourth-order valence-corrected chi connectivity index (χ4v) is 2.10. The van der Waals surface area contributed by atoms with Gasteiger partial charge in [-0.1, -0.05) is 51.1 Å². The molecule has 0 saturated carbocycles. The molecule has 0 aliphatic rings. The van der Waals surface area contributed by atoms with E-state index in [-0.39, 0.29) is 5.41 Å². The lowest BCUT2D eigenvalue weighted by atomic mass is 9.82. The number of hydrogen-bond acceptors (Lipinski definition) is 1. The summed E-state index contributed by atoms with van der Waals surface area (Å²) < 4.78 is 0. The first kappa shape index (κ1) is 11.8. The van der Waals surface area contributed by atoms with Crippen molar-refractivity contribution in [3.8, 4) is 0 Å². The molecule has 1 aromatic carbocycles. The number of nitrogens with zero attached hydrogens (tertiary/aromatic N) is 1. The molecule has 0 saturated heterocycles. The Morgan fingerprint density at radius 2 is 1.65 bits per heavy atom. The smallest absolute Gasteiger partial charge is 0.0447 e. The van der Waals surface area contributed by atoms with Crippen molar-refractivity contribution in [3.63, 3.8) is 0 Å². The molecule has 0 unspecified atom stereocenters. The van der Waals surface area contributed by atoms with E-state index in [4.69, 9.17) is 0 Å². The van der Waals surface area contributed by atoms with Crippen molar-refractivity contribution in [3.05, 3.63) is 65.5 Å². The Morgan fingerprint density at radius 3 is 2.29 bits per heavy atom. The third-order valence-corrected chi connectivity index (χ3v) is 2.92. The van der Waals surface area contributed by atoms with E-state index in [9.17, 15) is 0 Å². The van der Waals surface area contributed by atoms with Crippen molar-refractivity contribution in [1.29, 1.82) is 0 Å². The van der Waals surface area contributed by atoms with E-state index >= 15 is 0 Å². The summed E-state index contributed by atoms with van der Waals surface area (Å²) in [6, 6.07) is 14.7. The summed E-state index contributed by atoms with van der Waals surface area (Å²) in [5, 5.41) is 0. The van der Waals surface area contributed by atoms with Crippen LogP contribution < -0.4 is 0 Å². The molecule has 0 fully saturated rings. The quantitative estimate of drug-likeness (QED) is 0.753. The summed E-state index contributed by atoms with van der Waals surface area (Å²) in [6.07, 6.45) is 2.77. The van der Waals surface area contributed by atoms with E-state index in [1.807, 2.05) is 18.3 Å². The van der Waals surface area contributed by atoms with Crippen molar-refractivity contribution >= 4 is 0 Å². The van der Waals surface area contributed by atoms with Crippen LogP contribution in [0.3, 0.4) is 0 Å². The number of benzene rings is 1. The van der Waals surface area contributed by atoms with E-state index in [2.05, 4.69) is 56.1 Å². The van der Waals surface area contributed by atoms with Crippen molar-refractivity contribution in [1.82, 2.24) is 4.98 Å². The Kier molecular flexibility index (Phi) is 3.28. The van der Waals surface area contributed by atoms with Gasteiger partial charge in [0.15, 0.2) is 0 Å². The molecule has 0 radical (unpaired) electrons. The van der Waals surface area contributed by atoms with Crippen LogP contribution in [-0.4, -0.2) is 4.98 Å². The maximum atomic E-state index is 4.40. The second kappa shape index (κ2) is 4.70. The Bertz CT molecular complexity index is 480. The monoisotopic (exact) mass is 225 g/mol. The summed E-state index contributed by atoms with van der Waals surface area (Å²) in [6.45, 7) is 6.76. The lowest BCUT2D eigenvalue weighted by molar-refractivity contribution is 0.584. The Hall–Kier alpha value is -1.63. The zero-order valence-electron chi connectivity index (χ0n) is 10.8. The molecule has 2 rings (SSSR count). The van der Waals surface area contributed by atoms with Crippen LogP contribution in [0, 0.1) is 0 Å². The van der Waals surface area contributed by atoms with Gasteiger partial charge in [0.2, 0.25) is 0 Å². The zero-order chi connectivity index (χ0) is 12.3. The molecule has 0 amide bonds. The highest BCUT2D eigenvalue weighted by Gasteiger charge is 2.17. The van der Waals surface area contributed by atoms with Crippen molar-refractivity contribution in [2.24, 2.45) is 0 Å². The first-order valence-electron chi connectivity index (χ1n) is 6.05. The number of pyridine rings is 1. The van der Waals surface area contributed by atoms with Crippen LogP contribution in [0.25, 0.3) is 0 Å². The van der Waals surface area contributed by atoms with E-state index < -0.39 is 0 Å². The molecule has 1 nitrogen and oxygen atoms in total. The van der Waals surface area contributed by atoms with Crippen molar-refractivity contribution in [2.75, 3.05) is 0 Å². The van der Waals surface area contributed by atoms with Gasteiger partial charge in [-0.3, -0.25) is 4.98 Å². The van der Waals surface area contributed by atoms with Gasteiger partial charge < -0.3 is 0 Å². The Balaban J connectivity index is 2.34. The van der Waals surface area contributed by atoms with Gasteiger partial charge >= 0.3 is 0 Å². The van der Waals surface area contributed by atoms with Gasteiger partial charge in [-0.2, -0.15) is 0 Å². The topological polar surface area (TPSA) is 12.9 Å². The van der Waals surface area contributed by atoms with Crippen LogP contribution in [0.15, 0.2) is 48.7 Å². The van der Waals surface area contributed by atoms with Crippen molar-refractivity contribution < 1.29 is 0 Å². The molecule has 0 spiro atoms. The van der Waals surface area contributed by atoms with Crippen molar-refractivity contribution in [2.45, 2.75) is 32.6 Å². The standard InChI is InChI=1S/C16H19N/c1-16(2,3)15-10-5-4-8-13(15)12-14-9-6-7-11-17-14/h4-11H,12H2,1-3H3. The molecular weight excluding hydrogens is 206 g/mol. The first-order chi connectivity index (χ1) is 8.07. The van der Waals surface area contributed by atoms with Crippen LogP contribution in [0.4, 0.5) is 0 Å². The second-order valence-electron chi connectivity index (χ2n) is 5.40. The minimum Gasteiger partial charge on any atom is -0.261 e. The summed E-state index contributed by atoms with van der Waals surface area (Å²) >= 11 is 0. The number of hydrogen-bond donors (Lipinski definition) is 0. The lowest BCUT2D eigenvalue weighted by Gasteiger charge is -2.22. The molecular formula is C16H19N. The number of aromatic nitrogens is 1. The van der Waals surface area contributed by atoms with E-state index in [0.717, 1.165) is 12.1 Å². The van der Waals surface area contributed by atoms with Gasteiger partial charge in [0.1, 0.15) is 0 Å². The minimum atomic E-state index is 0.186. The zero-order valence-corrected chi connectivity index (χ0v) is 10.8. The third kappa shape index (κ3) is 2.94. The summed E-state index contributed by atoms with van der Waals surface area (Å²) in [4.78, 5) is 4.40. The fourth-order valence-electron chi connectivity index (χ4n) is 2.10. The predicted octanol–water partition coefficient (Wildman–Crippen LogP) is 3.97. The molecule has 1 heterocycles. The van der Waals surface area contributed by atoms with Crippen LogP contribution in [0.5, 0.6) is 0 Å². The van der Waals surface area contributed by atoms with E-state index in [1.54, 1.807) is 0 Å². The fraction of sp³-hybridized carbons (Fsp3) is 0.312. The van der Waals surface area contributed by atoms with Gasteiger partial charge in [0, 0.05) is 18.3 Å². The van der Waals surface area contributed by atoms with Gasteiger partial charge in [0.05, 0.1) is 0 Å². The maximum Gasteiger partial charge on any atom is 0.0447 e. The molecule has 0 aliphatic carbocycles. The molecule has 0 atom stereocenters. The Labute approximate surface area is 104 Å². The van der Waals surface area contributed by atoms with Crippen LogP contribution >= 0.6 is 0 Å². The molecule has 2 aromatic rings. The van der Waals surface area contributed by atoms with Crippen LogP contribution in [0.1, 0.15) is 37.6 Å². The highest BCUT2D eigenvalue weighted by atomic mass is 14.7. The molecule has 0 aliphatic heterocycles. The summed E-state index contributed by atoms with van der Waals surface area (Å²) in [5.74, 6) is 0. The molecule has 88 valence electrons. The van der Waals surface area contributed by atoms with Gasteiger partial charge in [-0.15, -0.1) is 0 Å². The first-order valence-corrected chi connectivity index (χ1v) is 6.05. The Morgan fingerprint density at radius 1 is 0.941 bits per heavy atom. The van der Waals surface area contributed by atoms with Crippen LogP contribution in [0.2, 0.25) is 0 Å². The van der Waals surface area contributed by atoms with Gasteiger partial charge in [-0.25, -0.2) is 0 Å². The molecule has 1 aromatic heterocycles. The maximum absolute atomic E-state index is 4.40. The third-order valence-electron chi connectivity index (χ3n) is 2.92. The molecule has 17 heavy (non-hydrogen) atoms. The van der Waals surface area contributed by atoms with Gasteiger partial charge in [0.25, 0.3) is 0 Å². The number of rotatable bonds is 2. The highest BCUT2D eigenvalue weighted by molar-refractivity contribution is 5.35. The van der Waals surface area contributed by atoms with E-state index in [1.165, 1.54) is 11.1 Å². The largest absolute Gasteiger partial charge is 0.261 e. The van der Waals surface area contributed by atoms with E-state index in [0.29, 0.717) is 0 Å². The molecule has 1 heteroatoms. The SMILES string of the molecule is CC(C)(C)c1ccccc1Cc1ccccn1.